The van der Waals surface area contributed by atoms with Crippen LogP contribution in [0.5, 0.6) is 0 Å². The van der Waals surface area contributed by atoms with Crippen molar-refractivity contribution in [3.05, 3.63) is 10.6 Å². The summed E-state index contributed by atoms with van der Waals surface area (Å²) >= 11 is 5.33. The van der Waals surface area contributed by atoms with Crippen LogP contribution < -0.4 is 4.90 Å². The van der Waals surface area contributed by atoms with E-state index < -0.39 is 0 Å². The second-order valence-corrected chi connectivity index (χ2v) is 6.37. The number of halogens is 1. The van der Waals surface area contributed by atoms with Crippen LogP contribution in [0.25, 0.3) is 0 Å². The van der Waals surface area contributed by atoms with Gasteiger partial charge in [-0.05, 0) is 20.3 Å². The zero-order valence-electron chi connectivity index (χ0n) is 9.17. The number of hydrogen-bond acceptors (Lipinski definition) is 3. The number of anilines is 1. The van der Waals surface area contributed by atoms with Crippen LogP contribution in [-0.2, 0) is 0 Å². The maximum absolute atomic E-state index is 4.52. The van der Waals surface area contributed by atoms with Gasteiger partial charge in [-0.2, -0.15) is 0 Å². The first-order valence-electron chi connectivity index (χ1n) is 4.80. The quantitative estimate of drug-likeness (QED) is 0.784. The first-order valence-corrected chi connectivity index (χ1v) is 6.53. The summed E-state index contributed by atoms with van der Waals surface area (Å²) in [4.78, 5) is 8.64. The first-order chi connectivity index (χ1) is 6.50. The Balaban J connectivity index is 2.56. The van der Waals surface area contributed by atoms with Crippen molar-refractivity contribution in [2.75, 3.05) is 18.5 Å². The van der Waals surface area contributed by atoms with Crippen molar-refractivity contribution in [1.82, 2.24) is 4.98 Å². The van der Waals surface area contributed by atoms with E-state index in [1.54, 1.807) is 11.3 Å². The Morgan fingerprint density at radius 3 is 2.57 bits per heavy atom. The number of aryl methyl sites for hydroxylation is 2. The van der Waals surface area contributed by atoms with Crippen molar-refractivity contribution >= 4 is 32.4 Å². The third-order valence-electron chi connectivity index (χ3n) is 2.21. The van der Waals surface area contributed by atoms with E-state index in [9.17, 15) is 0 Å². The summed E-state index contributed by atoms with van der Waals surface area (Å²) in [5, 5.41) is 1.13. The minimum Gasteiger partial charge on any atom is -0.351 e. The Morgan fingerprint density at radius 1 is 1.50 bits per heavy atom. The minimum atomic E-state index is 0.576. The Morgan fingerprint density at radius 2 is 2.14 bits per heavy atom. The normalized spacial score (nSPS) is 12.9. The topological polar surface area (TPSA) is 16.1 Å². The van der Waals surface area contributed by atoms with E-state index in [0.29, 0.717) is 4.83 Å². The van der Waals surface area contributed by atoms with Crippen molar-refractivity contribution in [2.45, 2.75) is 32.0 Å². The van der Waals surface area contributed by atoms with Gasteiger partial charge >= 0.3 is 0 Å². The van der Waals surface area contributed by atoms with E-state index in [4.69, 9.17) is 0 Å². The van der Waals surface area contributed by atoms with Gasteiger partial charge in [-0.3, -0.25) is 0 Å². The summed E-state index contributed by atoms with van der Waals surface area (Å²) in [6.45, 7) is 7.42. The van der Waals surface area contributed by atoms with Gasteiger partial charge in [-0.15, -0.1) is 11.3 Å². The standard InChI is InChI=1S/C10H17BrN2S/c1-7(11)5-6-13(4)10-12-8(2)9(3)14-10/h7H,5-6H2,1-4H3. The Bertz CT molecular complexity index is 277. The lowest BCUT2D eigenvalue weighted by molar-refractivity contribution is 0.784. The highest BCUT2D eigenvalue weighted by Crippen LogP contribution is 2.24. The molecule has 0 N–H and O–H groups in total. The van der Waals surface area contributed by atoms with E-state index in [2.05, 4.69) is 53.6 Å². The number of thiazole rings is 1. The molecule has 0 bridgehead atoms. The highest BCUT2D eigenvalue weighted by atomic mass is 79.9. The number of hydrogen-bond donors (Lipinski definition) is 0. The number of aromatic nitrogens is 1. The SMILES string of the molecule is Cc1nc(N(C)CCC(C)Br)sc1C. The van der Waals surface area contributed by atoms with Crippen molar-refractivity contribution in [1.29, 1.82) is 0 Å². The van der Waals surface area contributed by atoms with Gasteiger partial charge in [0, 0.05) is 23.3 Å². The predicted octanol–water partition coefficient (Wildman–Crippen LogP) is 3.37. The van der Waals surface area contributed by atoms with Crippen LogP contribution in [0.15, 0.2) is 0 Å². The highest BCUT2D eigenvalue weighted by Gasteiger charge is 2.08. The third-order valence-corrected chi connectivity index (χ3v) is 3.85. The molecule has 0 aliphatic carbocycles. The zero-order valence-corrected chi connectivity index (χ0v) is 11.6. The molecule has 1 heterocycles. The van der Waals surface area contributed by atoms with E-state index >= 15 is 0 Å². The molecule has 0 aromatic carbocycles. The molecule has 2 nitrogen and oxygen atoms in total. The lowest BCUT2D eigenvalue weighted by atomic mass is 10.3. The molecule has 0 fully saturated rings. The molecule has 1 rings (SSSR count). The molecule has 0 saturated heterocycles. The van der Waals surface area contributed by atoms with Gasteiger partial charge in [-0.25, -0.2) is 4.98 Å². The summed E-state index contributed by atoms with van der Waals surface area (Å²) in [6, 6.07) is 0. The Hall–Kier alpha value is -0.0900. The van der Waals surface area contributed by atoms with Gasteiger partial charge in [0.15, 0.2) is 5.13 Å². The lowest BCUT2D eigenvalue weighted by Gasteiger charge is -2.16. The maximum Gasteiger partial charge on any atom is 0.185 e. The largest absolute Gasteiger partial charge is 0.351 e. The van der Waals surface area contributed by atoms with Crippen molar-refractivity contribution in [3.63, 3.8) is 0 Å². The Kier molecular flexibility index (Phi) is 4.38. The lowest BCUT2D eigenvalue weighted by Crippen LogP contribution is -2.20. The fourth-order valence-corrected chi connectivity index (χ4v) is 2.19. The molecule has 0 aliphatic heterocycles. The number of alkyl halides is 1. The summed E-state index contributed by atoms with van der Waals surface area (Å²) in [5.74, 6) is 0. The van der Waals surface area contributed by atoms with Crippen LogP contribution in [0.1, 0.15) is 23.9 Å². The van der Waals surface area contributed by atoms with Gasteiger partial charge in [0.25, 0.3) is 0 Å². The van der Waals surface area contributed by atoms with Gasteiger partial charge in [-0.1, -0.05) is 22.9 Å². The van der Waals surface area contributed by atoms with Gasteiger partial charge in [0.05, 0.1) is 5.69 Å². The van der Waals surface area contributed by atoms with Crippen molar-refractivity contribution in [2.24, 2.45) is 0 Å². The molecule has 80 valence electrons. The smallest absolute Gasteiger partial charge is 0.185 e. The number of nitrogens with zero attached hydrogens (tertiary/aromatic N) is 2. The summed E-state index contributed by atoms with van der Waals surface area (Å²) in [6.07, 6.45) is 1.15. The number of rotatable bonds is 4. The molecule has 4 heteroatoms. The second kappa shape index (κ2) is 5.12. The van der Waals surface area contributed by atoms with Crippen molar-refractivity contribution < 1.29 is 0 Å². The highest BCUT2D eigenvalue weighted by molar-refractivity contribution is 9.09. The summed E-state index contributed by atoms with van der Waals surface area (Å²) < 4.78 is 0. The minimum absolute atomic E-state index is 0.576. The van der Waals surface area contributed by atoms with Gasteiger partial charge in [0.2, 0.25) is 0 Å². The molecule has 1 aromatic heterocycles. The van der Waals surface area contributed by atoms with Crippen LogP contribution in [0, 0.1) is 13.8 Å². The van der Waals surface area contributed by atoms with Crippen LogP contribution in [-0.4, -0.2) is 23.4 Å². The molecule has 1 atom stereocenters. The second-order valence-electron chi connectivity index (χ2n) is 3.63. The molecule has 1 unspecified atom stereocenters. The molecule has 1 aromatic rings. The fourth-order valence-electron chi connectivity index (χ4n) is 1.09. The van der Waals surface area contributed by atoms with Crippen LogP contribution >= 0.6 is 27.3 Å². The molecule has 0 saturated carbocycles. The first kappa shape index (κ1) is 12.0. The van der Waals surface area contributed by atoms with Gasteiger partial charge < -0.3 is 4.90 Å². The molecule has 0 amide bonds. The third kappa shape index (κ3) is 3.24. The van der Waals surface area contributed by atoms with Crippen LogP contribution in [0.4, 0.5) is 5.13 Å². The average molecular weight is 277 g/mol. The van der Waals surface area contributed by atoms with E-state index in [1.807, 2.05) is 0 Å². The maximum atomic E-state index is 4.52. The van der Waals surface area contributed by atoms with Crippen LogP contribution in [0.3, 0.4) is 0 Å². The zero-order chi connectivity index (χ0) is 10.7. The van der Waals surface area contributed by atoms with Crippen molar-refractivity contribution in [3.8, 4) is 0 Å². The molecule has 0 aliphatic rings. The predicted molar refractivity (Wildman–Crippen MR) is 67.9 cm³/mol. The van der Waals surface area contributed by atoms with Crippen LogP contribution in [0.2, 0.25) is 0 Å². The molecule has 0 spiro atoms. The van der Waals surface area contributed by atoms with E-state index in [-0.39, 0.29) is 0 Å². The molecule has 0 radical (unpaired) electrons. The van der Waals surface area contributed by atoms with Gasteiger partial charge in [0.1, 0.15) is 0 Å². The molecule has 14 heavy (non-hydrogen) atoms. The fraction of sp³-hybridized carbons (Fsp3) is 0.700. The average Bonchev–Trinajstić information content (AvgIpc) is 2.43. The van der Waals surface area contributed by atoms with E-state index in [1.165, 1.54) is 4.88 Å². The summed E-state index contributed by atoms with van der Waals surface area (Å²) in [7, 11) is 2.10. The van der Waals surface area contributed by atoms with E-state index in [0.717, 1.165) is 23.8 Å². The summed E-state index contributed by atoms with van der Waals surface area (Å²) in [5.41, 5.74) is 1.16. The molecular weight excluding hydrogens is 260 g/mol. The molecular formula is C10H17BrN2S. The Labute approximate surface area is 98.5 Å². The monoisotopic (exact) mass is 276 g/mol.